The second kappa shape index (κ2) is 7.03. The van der Waals surface area contributed by atoms with E-state index < -0.39 is 18.4 Å². The van der Waals surface area contributed by atoms with E-state index in [1.807, 2.05) is 6.92 Å². The second-order valence-corrected chi connectivity index (χ2v) is 7.40. The number of amides is 1. The summed E-state index contributed by atoms with van der Waals surface area (Å²) >= 11 is 1.54. The van der Waals surface area contributed by atoms with Crippen LogP contribution >= 0.6 is 11.3 Å². The lowest BCUT2D eigenvalue weighted by atomic mass is 10.1. The Morgan fingerprint density at radius 1 is 1.38 bits per heavy atom. The quantitative estimate of drug-likeness (QED) is 0.685. The summed E-state index contributed by atoms with van der Waals surface area (Å²) in [6.07, 6.45) is 1.75. The average Bonchev–Trinajstić information content (AvgIpc) is 3.12. The molecule has 0 aliphatic carbocycles. The van der Waals surface area contributed by atoms with Crippen molar-refractivity contribution >= 4 is 28.2 Å². The van der Waals surface area contributed by atoms with Crippen LogP contribution in [0.4, 0.5) is 8.78 Å². The summed E-state index contributed by atoms with van der Waals surface area (Å²) in [4.78, 5) is 17.5. The molecule has 0 radical (unpaired) electrons. The van der Waals surface area contributed by atoms with E-state index in [-0.39, 0.29) is 5.56 Å². The van der Waals surface area contributed by atoms with Crippen LogP contribution < -0.4 is 10.1 Å². The lowest BCUT2D eigenvalue weighted by Crippen LogP contribution is -2.34. The van der Waals surface area contributed by atoms with Crippen LogP contribution in [0.5, 0.6) is 5.75 Å². The highest BCUT2D eigenvalue weighted by Crippen LogP contribution is 2.30. The first kappa shape index (κ1) is 18.3. The van der Waals surface area contributed by atoms with Gasteiger partial charge >= 0.3 is 0 Å². The molecule has 8 heteroatoms. The van der Waals surface area contributed by atoms with Gasteiger partial charge in [-0.3, -0.25) is 4.79 Å². The maximum atomic E-state index is 13.0. The maximum Gasteiger partial charge on any atom is 0.262 e. The first-order chi connectivity index (χ1) is 12.2. The van der Waals surface area contributed by atoms with Gasteiger partial charge in [0.15, 0.2) is 0 Å². The van der Waals surface area contributed by atoms with Gasteiger partial charge in [-0.05, 0) is 32.0 Å². The van der Waals surface area contributed by atoms with Crippen LogP contribution in [0.2, 0.25) is 0 Å². The largest absolute Gasteiger partial charge is 0.488 e. The number of hydrogen-bond donors (Lipinski definition) is 1. The Hall–Kier alpha value is -2.48. The highest BCUT2D eigenvalue weighted by molar-refractivity contribution is 7.11. The number of furan rings is 1. The fourth-order valence-corrected chi connectivity index (χ4v) is 3.23. The molecule has 0 saturated carbocycles. The topological polar surface area (TPSA) is 64.4 Å². The Morgan fingerprint density at radius 2 is 2.15 bits per heavy atom. The highest BCUT2D eigenvalue weighted by atomic mass is 32.1. The third-order valence-corrected chi connectivity index (χ3v) is 4.56. The number of hydrogen-bond acceptors (Lipinski definition) is 5. The van der Waals surface area contributed by atoms with Crippen LogP contribution in [0, 0.1) is 13.8 Å². The molecule has 0 fully saturated rings. The molecule has 1 aromatic carbocycles. The number of benzene rings is 1. The van der Waals surface area contributed by atoms with Crippen molar-refractivity contribution in [3.8, 4) is 5.75 Å². The standard InChI is InChI=1S/C18H18F2N2O3S/c1-10-16(17(23)22-9-18(3,19)20)14-6-12(4-5-15(14)25-10)24-8-13-7-21-11(2)26-13/h4-7H,8-9H2,1-3H3,(H,22,23). The fourth-order valence-electron chi connectivity index (χ4n) is 2.52. The number of fused-ring (bicyclic) bond motifs is 1. The van der Waals surface area contributed by atoms with Gasteiger partial charge in [0.25, 0.3) is 11.8 Å². The number of alkyl halides is 2. The number of carbonyl (C=O) groups excluding carboxylic acids is 1. The molecule has 1 N–H and O–H groups in total. The molecule has 0 bridgehead atoms. The molecular weight excluding hydrogens is 362 g/mol. The molecule has 0 unspecified atom stereocenters. The molecule has 0 spiro atoms. The number of aromatic nitrogens is 1. The number of nitrogens with zero attached hydrogens (tertiary/aromatic N) is 1. The summed E-state index contributed by atoms with van der Waals surface area (Å²) in [6.45, 7) is 3.91. The van der Waals surface area contributed by atoms with E-state index in [1.54, 1.807) is 42.7 Å². The minimum absolute atomic E-state index is 0.239. The molecule has 0 aliphatic rings. The summed E-state index contributed by atoms with van der Waals surface area (Å²) in [5.41, 5.74) is 0.736. The lowest BCUT2D eigenvalue weighted by molar-refractivity contribution is 0.0221. The van der Waals surface area contributed by atoms with E-state index in [4.69, 9.17) is 9.15 Å². The van der Waals surface area contributed by atoms with Crippen molar-refractivity contribution in [1.29, 1.82) is 0 Å². The van der Waals surface area contributed by atoms with Crippen molar-refractivity contribution in [3.63, 3.8) is 0 Å². The third-order valence-electron chi connectivity index (χ3n) is 3.67. The van der Waals surface area contributed by atoms with Crippen molar-refractivity contribution in [2.75, 3.05) is 6.54 Å². The Kier molecular flexibility index (Phi) is 4.95. The van der Waals surface area contributed by atoms with E-state index in [0.717, 1.165) is 16.8 Å². The van der Waals surface area contributed by atoms with Crippen LogP contribution in [-0.2, 0) is 6.61 Å². The molecule has 2 heterocycles. The minimum atomic E-state index is -2.98. The summed E-state index contributed by atoms with van der Waals surface area (Å²) < 4.78 is 37.3. The van der Waals surface area contributed by atoms with Gasteiger partial charge in [-0.15, -0.1) is 11.3 Å². The van der Waals surface area contributed by atoms with E-state index in [0.29, 0.717) is 29.1 Å². The van der Waals surface area contributed by atoms with Crippen LogP contribution in [0.1, 0.15) is 32.9 Å². The van der Waals surface area contributed by atoms with E-state index in [9.17, 15) is 13.6 Å². The van der Waals surface area contributed by atoms with Gasteiger partial charge in [0.05, 0.1) is 22.0 Å². The zero-order valence-electron chi connectivity index (χ0n) is 14.6. The summed E-state index contributed by atoms with van der Waals surface area (Å²) in [5.74, 6) is -2.66. The predicted octanol–water partition coefficient (Wildman–Crippen LogP) is 4.47. The minimum Gasteiger partial charge on any atom is -0.488 e. The van der Waals surface area contributed by atoms with Crippen LogP contribution in [0.25, 0.3) is 11.0 Å². The van der Waals surface area contributed by atoms with Gasteiger partial charge in [-0.1, -0.05) is 0 Å². The smallest absolute Gasteiger partial charge is 0.262 e. The monoisotopic (exact) mass is 380 g/mol. The number of nitrogens with one attached hydrogen (secondary N) is 1. The molecule has 138 valence electrons. The van der Waals surface area contributed by atoms with Crippen LogP contribution in [-0.4, -0.2) is 23.4 Å². The Balaban J connectivity index is 1.82. The van der Waals surface area contributed by atoms with E-state index in [2.05, 4.69) is 10.3 Å². The van der Waals surface area contributed by atoms with Crippen LogP contribution in [0.15, 0.2) is 28.8 Å². The molecule has 26 heavy (non-hydrogen) atoms. The van der Waals surface area contributed by atoms with Crippen molar-refractivity contribution in [2.45, 2.75) is 33.3 Å². The Labute approximate surface area is 153 Å². The van der Waals surface area contributed by atoms with Gasteiger partial charge in [-0.2, -0.15) is 0 Å². The van der Waals surface area contributed by atoms with Crippen molar-refractivity contribution in [3.05, 3.63) is 45.6 Å². The van der Waals surface area contributed by atoms with Gasteiger partial charge < -0.3 is 14.5 Å². The zero-order chi connectivity index (χ0) is 18.9. The molecule has 3 aromatic rings. The first-order valence-electron chi connectivity index (χ1n) is 7.96. The molecule has 0 saturated heterocycles. The first-order valence-corrected chi connectivity index (χ1v) is 8.78. The van der Waals surface area contributed by atoms with Crippen molar-refractivity contribution in [2.24, 2.45) is 0 Å². The predicted molar refractivity (Wildman–Crippen MR) is 95.1 cm³/mol. The normalized spacial score (nSPS) is 11.7. The molecule has 5 nitrogen and oxygen atoms in total. The lowest BCUT2D eigenvalue weighted by Gasteiger charge is -2.11. The molecule has 0 aliphatic heterocycles. The Morgan fingerprint density at radius 3 is 2.81 bits per heavy atom. The summed E-state index contributed by atoms with van der Waals surface area (Å²) in [5, 5.41) is 3.72. The van der Waals surface area contributed by atoms with Gasteiger partial charge in [-0.25, -0.2) is 13.8 Å². The molecular formula is C18H18F2N2O3S. The summed E-state index contributed by atoms with van der Waals surface area (Å²) in [6, 6.07) is 5.11. The Bertz CT molecular complexity index is 944. The van der Waals surface area contributed by atoms with Crippen LogP contribution in [0.3, 0.4) is 0 Å². The number of rotatable bonds is 6. The number of carbonyl (C=O) groups is 1. The SMILES string of the molecule is Cc1ncc(COc2ccc3oc(C)c(C(=O)NCC(C)(F)F)c3c2)s1. The van der Waals surface area contributed by atoms with Crippen molar-refractivity contribution in [1.82, 2.24) is 10.3 Å². The number of halogens is 2. The second-order valence-electron chi connectivity index (χ2n) is 6.08. The maximum absolute atomic E-state index is 13.0. The van der Waals surface area contributed by atoms with Crippen molar-refractivity contribution < 1.29 is 22.7 Å². The van der Waals surface area contributed by atoms with Gasteiger partial charge in [0.2, 0.25) is 0 Å². The van der Waals surface area contributed by atoms with Gasteiger partial charge in [0.1, 0.15) is 23.7 Å². The van der Waals surface area contributed by atoms with Gasteiger partial charge in [0, 0.05) is 18.5 Å². The van der Waals surface area contributed by atoms with E-state index >= 15 is 0 Å². The highest BCUT2D eigenvalue weighted by Gasteiger charge is 2.25. The number of thiazole rings is 1. The average molecular weight is 380 g/mol. The summed E-state index contributed by atoms with van der Waals surface area (Å²) in [7, 11) is 0. The van der Waals surface area contributed by atoms with E-state index in [1.165, 1.54) is 0 Å². The molecule has 0 atom stereocenters. The molecule has 2 aromatic heterocycles. The molecule has 1 amide bonds. The third kappa shape index (κ3) is 4.19. The number of ether oxygens (including phenoxy) is 1. The zero-order valence-corrected chi connectivity index (χ0v) is 15.4. The number of aryl methyl sites for hydroxylation is 2. The fraction of sp³-hybridized carbons (Fsp3) is 0.333. The molecule has 3 rings (SSSR count).